The van der Waals surface area contributed by atoms with E-state index in [0.29, 0.717) is 0 Å². The molecule has 0 fully saturated rings. The fraction of sp³-hybridized carbons (Fsp3) is 0.0526. The molecule has 0 N–H and O–H groups in total. The number of rotatable bonds is 5. The minimum absolute atomic E-state index is 1.18. The molecule has 0 unspecified atom stereocenters. The van der Waals surface area contributed by atoms with Crippen LogP contribution >= 0.6 is 0 Å². The van der Waals surface area contributed by atoms with Gasteiger partial charge in [-0.15, -0.1) is 0 Å². The molecular weight excluding hydrogens is 699 g/mol. The first-order valence-electron chi connectivity index (χ1n) is 20.0. The number of nitrogens with zero attached hydrogens (tertiary/aromatic N) is 1. The quantitative estimate of drug-likeness (QED) is 0.165. The molecular formula is C57H47N. The molecule has 0 aliphatic carbocycles. The second-order valence-corrected chi connectivity index (χ2v) is 14.8. The number of para-hydroxylation sites is 1. The van der Waals surface area contributed by atoms with Gasteiger partial charge in [-0.25, -0.2) is 0 Å². The Labute approximate surface area is 343 Å². The zero-order valence-electron chi connectivity index (χ0n) is 33.4. The van der Waals surface area contributed by atoms with Gasteiger partial charge in [-0.3, -0.25) is 0 Å². The first-order valence-corrected chi connectivity index (χ1v) is 20.0. The number of benzene rings is 9. The molecule has 1 heteroatoms. The zero-order chi connectivity index (χ0) is 39.7. The zero-order valence-corrected chi connectivity index (χ0v) is 33.4. The van der Waals surface area contributed by atoms with E-state index in [-0.39, 0.29) is 0 Å². The molecule has 0 bridgehead atoms. The van der Waals surface area contributed by atoms with Crippen molar-refractivity contribution in [3.63, 3.8) is 0 Å². The second-order valence-electron chi connectivity index (χ2n) is 14.8. The van der Waals surface area contributed by atoms with Crippen molar-refractivity contribution in [1.82, 2.24) is 4.57 Å². The van der Waals surface area contributed by atoms with Crippen molar-refractivity contribution in [2.75, 3.05) is 0 Å². The van der Waals surface area contributed by atoms with Gasteiger partial charge in [0.1, 0.15) is 0 Å². The van der Waals surface area contributed by atoms with E-state index in [1.807, 2.05) is 12.1 Å². The van der Waals surface area contributed by atoms with Crippen LogP contribution in [0.3, 0.4) is 0 Å². The van der Waals surface area contributed by atoms with E-state index in [9.17, 15) is 0 Å². The highest BCUT2D eigenvalue weighted by molar-refractivity contribution is 6.09. The molecule has 0 radical (unpaired) electrons. The molecule has 280 valence electrons. The molecule has 0 saturated heterocycles. The Hall–Kier alpha value is -7.22. The van der Waals surface area contributed by atoms with Gasteiger partial charge >= 0.3 is 0 Å². The molecule has 10 aromatic rings. The van der Waals surface area contributed by atoms with Crippen molar-refractivity contribution < 1.29 is 0 Å². The predicted molar refractivity (Wildman–Crippen MR) is 250 cm³/mol. The molecule has 0 aliphatic rings. The molecule has 10 rings (SSSR count). The van der Waals surface area contributed by atoms with Crippen molar-refractivity contribution in [3.05, 3.63) is 247 Å². The van der Waals surface area contributed by atoms with Gasteiger partial charge in [0.15, 0.2) is 0 Å². The van der Waals surface area contributed by atoms with Gasteiger partial charge in [-0.05, 0) is 102 Å². The summed E-state index contributed by atoms with van der Waals surface area (Å²) in [5, 5.41) is 2.59. The highest BCUT2D eigenvalue weighted by Crippen LogP contribution is 2.36. The van der Waals surface area contributed by atoms with E-state index in [1.165, 1.54) is 88.7 Å². The standard InChI is InChI=1S/C31H23N.2C13H12/c1-22-16-17-31-29(18-22)28-14-8-9-15-30(28)32(31)27-20-25(23-10-4-2-5-11-23)19-26(21-27)24-12-6-3-7-13-24;2*1-11-7-9-13(10-8-11)12-5-3-2-4-6-12/h2-21H,1H3;2*2-10H,1H3. The number of aromatic nitrogens is 1. The van der Waals surface area contributed by atoms with E-state index in [4.69, 9.17) is 0 Å². The summed E-state index contributed by atoms with van der Waals surface area (Å²) in [5.41, 5.74) is 17.6. The van der Waals surface area contributed by atoms with Crippen LogP contribution in [0.1, 0.15) is 16.7 Å². The maximum atomic E-state index is 2.41. The van der Waals surface area contributed by atoms with Crippen molar-refractivity contribution in [2.45, 2.75) is 20.8 Å². The Balaban J connectivity index is 0.000000148. The molecule has 58 heavy (non-hydrogen) atoms. The van der Waals surface area contributed by atoms with Crippen LogP contribution in [0, 0.1) is 20.8 Å². The fourth-order valence-corrected chi connectivity index (χ4v) is 7.45. The van der Waals surface area contributed by atoms with Gasteiger partial charge in [-0.2, -0.15) is 0 Å². The summed E-state index contributed by atoms with van der Waals surface area (Å²) >= 11 is 0. The van der Waals surface area contributed by atoms with Gasteiger partial charge in [0.25, 0.3) is 0 Å². The van der Waals surface area contributed by atoms with Crippen molar-refractivity contribution in [2.24, 2.45) is 0 Å². The smallest absolute Gasteiger partial charge is 0.0541 e. The number of hydrogen-bond acceptors (Lipinski definition) is 0. The van der Waals surface area contributed by atoms with E-state index in [0.717, 1.165) is 0 Å². The normalized spacial score (nSPS) is 10.7. The highest BCUT2D eigenvalue weighted by atomic mass is 15.0. The van der Waals surface area contributed by atoms with Crippen LogP contribution < -0.4 is 0 Å². The fourth-order valence-electron chi connectivity index (χ4n) is 7.45. The van der Waals surface area contributed by atoms with E-state index >= 15 is 0 Å². The summed E-state index contributed by atoms with van der Waals surface area (Å²) in [6.45, 7) is 6.37. The Morgan fingerprint density at radius 1 is 0.241 bits per heavy atom. The summed E-state index contributed by atoms with van der Waals surface area (Å²) in [4.78, 5) is 0. The Morgan fingerprint density at radius 2 is 0.586 bits per heavy atom. The summed E-state index contributed by atoms with van der Waals surface area (Å²) in [7, 11) is 0. The van der Waals surface area contributed by atoms with Crippen molar-refractivity contribution in [3.8, 4) is 50.2 Å². The van der Waals surface area contributed by atoms with Gasteiger partial charge < -0.3 is 4.57 Å². The van der Waals surface area contributed by atoms with E-state index in [2.05, 4.69) is 244 Å². The molecule has 1 nitrogen and oxygen atoms in total. The van der Waals surface area contributed by atoms with Crippen LogP contribution in [0.25, 0.3) is 72.0 Å². The van der Waals surface area contributed by atoms with Crippen molar-refractivity contribution >= 4 is 21.8 Å². The van der Waals surface area contributed by atoms with E-state index < -0.39 is 0 Å². The molecule has 0 spiro atoms. The Morgan fingerprint density at radius 3 is 1.03 bits per heavy atom. The maximum absolute atomic E-state index is 2.41. The minimum Gasteiger partial charge on any atom is -0.309 e. The lowest BCUT2D eigenvalue weighted by Crippen LogP contribution is -1.96. The highest BCUT2D eigenvalue weighted by Gasteiger charge is 2.14. The lowest BCUT2D eigenvalue weighted by molar-refractivity contribution is 1.18. The predicted octanol–water partition coefficient (Wildman–Crippen LogP) is 15.8. The van der Waals surface area contributed by atoms with Crippen LogP contribution in [0.2, 0.25) is 0 Å². The van der Waals surface area contributed by atoms with Crippen LogP contribution in [-0.2, 0) is 0 Å². The van der Waals surface area contributed by atoms with E-state index in [1.54, 1.807) is 0 Å². The van der Waals surface area contributed by atoms with Crippen LogP contribution in [0.15, 0.2) is 231 Å². The van der Waals surface area contributed by atoms with Crippen molar-refractivity contribution in [1.29, 1.82) is 0 Å². The topological polar surface area (TPSA) is 4.93 Å². The molecule has 0 saturated carbocycles. The SMILES string of the molecule is Cc1ccc(-c2ccccc2)cc1.Cc1ccc(-c2ccccc2)cc1.Cc1ccc2c(c1)c1ccccc1n2-c1cc(-c2ccccc2)cc(-c2ccccc2)c1. The third-order valence-electron chi connectivity index (χ3n) is 10.5. The van der Waals surface area contributed by atoms with Crippen LogP contribution in [0.5, 0.6) is 0 Å². The molecule has 9 aromatic carbocycles. The third-order valence-corrected chi connectivity index (χ3v) is 10.5. The Bertz CT molecular complexity index is 2710. The Kier molecular flexibility index (Phi) is 11.5. The summed E-state index contributed by atoms with van der Waals surface area (Å²) in [6.07, 6.45) is 0. The average Bonchev–Trinajstić information content (AvgIpc) is 3.62. The molecule has 1 heterocycles. The maximum Gasteiger partial charge on any atom is 0.0541 e. The third kappa shape index (κ3) is 8.76. The second kappa shape index (κ2) is 17.7. The first kappa shape index (κ1) is 37.7. The molecule has 1 aromatic heterocycles. The average molecular weight is 746 g/mol. The van der Waals surface area contributed by atoms with Gasteiger partial charge in [0.05, 0.1) is 11.0 Å². The summed E-state index contributed by atoms with van der Waals surface area (Å²) in [6, 6.07) is 81.7. The van der Waals surface area contributed by atoms with Gasteiger partial charge in [0.2, 0.25) is 0 Å². The van der Waals surface area contributed by atoms with Crippen LogP contribution in [0.4, 0.5) is 0 Å². The monoisotopic (exact) mass is 745 g/mol. The van der Waals surface area contributed by atoms with Crippen LogP contribution in [-0.4, -0.2) is 4.57 Å². The summed E-state index contributed by atoms with van der Waals surface area (Å²) < 4.78 is 2.41. The molecule has 0 amide bonds. The molecule has 0 aliphatic heterocycles. The lowest BCUT2D eigenvalue weighted by Gasteiger charge is -2.14. The van der Waals surface area contributed by atoms with Gasteiger partial charge in [-0.1, -0.05) is 211 Å². The minimum atomic E-state index is 1.18. The number of hydrogen-bond donors (Lipinski definition) is 0. The molecule has 0 atom stereocenters. The van der Waals surface area contributed by atoms with Gasteiger partial charge in [0, 0.05) is 16.5 Å². The summed E-state index contributed by atoms with van der Waals surface area (Å²) in [5.74, 6) is 0. The number of aryl methyl sites for hydroxylation is 3. The number of fused-ring (bicyclic) bond motifs is 3. The largest absolute Gasteiger partial charge is 0.309 e. The first-order chi connectivity index (χ1) is 28.5. The lowest BCUT2D eigenvalue weighted by atomic mass is 9.98.